The SMILES string of the molecule is CCOc1cc2c(cc1CSc1nncn1-c1cccc(OC)c1)OC(C)C2. The molecule has 1 aliphatic rings. The summed E-state index contributed by atoms with van der Waals surface area (Å²) in [6.45, 7) is 4.72. The molecule has 6 nitrogen and oxygen atoms in total. The van der Waals surface area contributed by atoms with Crippen molar-refractivity contribution in [1.29, 1.82) is 0 Å². The third-order valence-corrected chi connectivity index (χ3v) is 5.58. The molecule has 0 bridgehead atoms. The number of aromatic nitrogens is 3. The molecular formula is C21H23N3O3S. The van der Waals surface area contributed by atoms with Gasteiger partial charge in [0.05, 0.1) is 19.4 Å². The van der Waals surface area contributed by atoms with Crippen LogP contribution in [0.5, 0.6) is 17.2 Å². The van der Waals surface area contributed by atoms with Crippen LogP contribution in [0.4, 0.5) is 0 Å². The van der Waals surface area contributed by atoms with Gasteiger partial charge in [0.25, 0.3) is 0 Å². The molecule has 0 aliphatic carbocycles. The predicted octanol–water partition coefficient (Wildman–Crippen LogP) is 4.29. The average molecular weight is 398 g/mol. The second-order valence-corrected chi connectivity index (χ2v) is 7.55. The zero-order chi connectivity index (χ0) is 19.5. The van der Waals surface area contributed by atoms with Crippen LogP contribution in [0.15, 0.2) is 47.9 Å². The maximum atomic E-state index is 5.92. The fourth-order valence-electron chi connectivity index (χ4n) is 3.29. The second kappa shape index (κ2) is 8.14. The van der Waals surface area contributed by atoms with Gasteiger partial charge in [0.15, 0.2) is 5.16 Å². The maximum absolute atomic E-state index is 5.92. The second-order valence-electron chi connectivity index (χ2n) is 6.61. The molecule has 3 aromatic rings. The minimum absolute atomic E-state index is 0.212. The number of benzene rings is 2. The van der Waals surface area contributed by atoms with Gasteiger partial charge < -0.3 is 14.2 Å². The number of thioether (sulfide) groups is 1. The van der Waals surface area contributed by atoms with E-state index in [-0.39, 0.29) is 6.10 Å². The highest BCUT2D eigenvalue weighted by atomic mass is 32.2. The Kier molecular flexibility index (Phi) is 5.43. The van der Waals surface area contributed by atoms with E-state index in [4.69, 9.17) is 14.2 Å². The van der Waals surface area contributed by atoms with E-state index in [1.54, 1.807) is 25.2 Å². The molecule has 0 saturated carbocycles. The minimum Gasteiger partial charge on any atom is -0.497 e. The topological polar surface area (TPSA) is 58.4 Å². The molecule has 2 aromatic carbocycles. The number of hydrogen-bond acceptors (Lipinski definition) is 6. The van der Waals surface area contributed by atoms with Crippen LogP contribution in [-0.4, -0.2) is 34.6 Å². The summed E-state index contributed by atoms with van der Waals surface area (Å²) >= 11 is 1.61. The van der Waals surface area contributed by atoms with Crippen molar-refractivity contribution < 1.29 is 14.2 Å². The lowest BCUT2D eigenvalue weighted by Gasteiger charge is -2.13. The highest BCUT2D eigenvalue weighted by Crippen LogP contribution is 2.37. The van der Waals surface area contributed by atoms with E-state index < -0.39 is 0 Å². The standard InChI is InChI=1S/C21H23N3O3S/c1-4-26-19-9-15-8-14(2)27-20(15)10-16(19)12-28-21-23-22-13-24(21)17-6-5-7-18(11-17)25-3/h5-7,9-11,13-14H,4,8,12H2,1-3H3. The van der Waals surface area contributed by atoms with Gasteiger partial charge >= 0.3 is 0 Å². The van der Waals surface area contributed by atoms with Crippen molar-refractivity contribution in [3.8, 4) is 22.9 Å². The summed E-state index contributed by atoms with van der Waals surface area (Å²) in [6, 6.07) is 12.1. The van der Waals surface area contributed by atoms with E-state index in [0.29, 0.717) is 12.4 Å². The Morgan fingerprint density at radius 2 is 2.18 bits per heavy atom. The van der Waals surface area contributed by atoms with Gasteiger partial charge in [-0.05, 0) is 38.1 Å². The lowest BCUT2D eigenvalue weighted by atomic mass is 10.1. The van der Waals surface area contributed by atoms with Crippen molar-refractivity contribution in [2.75, 3.05) is 13.7 Å². The molecule has 0 amide bonds. The molecule has 0 N–H and O–H groups in total. The van der Waals surface area contributed by atoms with E-state index in [1.807, 2.05) is 35.8 Å². The first-order valence-electron chi connectivity index (χ1n) is 9.30. The van der Waals surface area contributed by atoms with Crippen LogP contribution in [-0.2, 0) is 12.2 Å². The Balaban J connectivity index is 1.57. The van der Waals surface area contributed by atoms with E-state index in [9.17, 15) is 0 Å². The number of rotatable bonds is 7. The monoisotopic (exact) mass is 397 g/mol. The molecule has 7 heteroatoms. The number of methoxy groups -OCH3 is 1. The quantitative estimate of drug-likeness (QED) is 0.554. The summed E-state index contributed by atoms with van der Waals surface area (Å²) in [5.74, 6) is 3.38. The Morgan fingerprint density at radius 1 is 1.29 bits per heavy atom. The van der Waals surface area contributed by atoms with Crippen molar-refractivity contribution in [1.82, 2.24) is 14.8 Å². The Bertz CT molecular complexity index is 973. The van der Waals surface area contributed by atoms with Gasteiger partial charge in [-0.3, -0.25) is 4.57 Å². The smallest absolute Gasteiger partial charge is 0.195 e. The first-order valence-corrected chi connectivity index (χ1v) is 10.3. The van der Waals surface area contributed by atoms with Crippen molar-refractivity contribution in [2.24, 2.45) is 0 Å². The van der Waals surface area contributed by atoms with Crippen LogP contribution in [0.2, 0.25) is 0 Å². The number of hydrogen-bond donors (Lipinski definition) is 0. The average Bonchev–Trinajstić information content (AvgIpc) is 3.31. The Hall–Kier alpha value is -2.67. The number of nitrogens with zero attached hydrogens (tertiary/aromatic N) is 3. The van der Waals surface area contributed by atoms with Crippen LogP contribution < -0.4 is 14.2 Å². The Morgan fingerprint density at radius 3 is 3.00 bits per heavy atom. The fraction of sp³-hybridized carbons (Fsp3) is 0.333. The van der Waals surface area contributed by atoms with Crippen LogP contribution in [0, 0.1) is 0 Å². The van der Waals surface area contributed by atoms with E-state index >= 15 is 0 Å². The summed E-state index contributed by atoms with van der Waals surface area (Å²) in [6.07, 6.45) is 2.85. The van der Waals surface area contributed by atoms with Gasteiger partial charge in [-0.15, -0.1) is 10.2 Å². The van der Waals surface area contributed by atoms with Gasteiger partial charge in [-0.1, -0.05) is 17.8 Å². The zero-order valence-corrected chi connectivity index (χ0v) is 17.0. The van der Waals surface area contributed by atoms with Crippen molar-refractivity contribution in [2.45, 2.75) is 37.3 Å². The third-order valence-electron chi connectivity index (χ3n) is 4.58. The molecule has 1 aromatic heterocycles. The molecule has 146 valence electrons. The zero-order valence-electron chi connectivity index (χ0n) is 16.2. The molecule has 28 heavy (non-hydrogen) atoms. The summed E-state index contributed by atoms with van der Waals surface area (Å²) in [5, 5.41) is 9.19. The van der Waals surface area contributed by atoms with Gasteiger partial charge in [0.2, 0.25) is 0 Å². The summed E-state index contributed by atoms with van der Waals surface area (Å²) in [5.41, 5.74) is 3.27. The molecule has 1 aliphatic heterocycles. The molecule has 0 spiro atoms. The molecule has 2 heterocycles. The van der Waals surface area contributed by atoms with Crippen LogP contribution in [0.25, 0.3) is 5.69 Å². The van der Waals surface area contributed by atoms with Gasteiger partial charge in [-0.25, -0.2) is 0 Å². The lowest BCUT2D eigenvalue weighted by Crippen LogP contribution is -2.05. The largest absolute Gasteiger partial charge is 0.497 e. The highest BCUT2D eigenvalue weighted by molar-refractivity contribution is 7.98. The molecule has 0 fully saturated rings. The first kappa shape index (κ1) is 18.7. The van der Waals surface area contributed by atoms with E-state index in [2.05, 4.69) is 29.3 Å². The highest BCUT2D eigenvalue weighted by Gasteiger charge is 2.22. The van der Waals surface area contributed by atoms with Crippen LogP contribution >= 0.6 is 11.8 Å². The summed E-state index contributed by atoms with van der Waals surface area (Å²) < 4.78 is 19.1. The Labute approximate surface area is 168 Å². The third kappa shape index (κ3) is 3.80. The molecule has 0 saturated heterocycles. The van der Waals surface area contributed by atoms with Crippen LogP contribution in [0.3, 0.4) is 0 Å². The van der Waals surface area contributed by atoms with Gasteiger partial charge in [-0.2, -0.15) is 0 Å². The van der Waals surface area contributed by atoms with Gasteiger partial charge in [0.1, 0.15) is 29.7 Å². The minimum atomic E-state index is 0.212. The fourth-order valence-corrected chi connectivity index (χ4v) is 4.19. The van der Waals surface area contributed by atoms with E-state index in [1.165, 1.54) is 5.56 Å². The number of fused-ring (bicyclic) bond motifs is 1. The maximum Gasteiger partial charge on any atom is 0.195 e. The molecule has 1 atom stereocenters. The summed E-state index contributed by atoms with van der Waals surface area (Å²) in [7, 11) is 1.66. The molecule has 4 rings (SSSR count). The van der Waals surface area contributed by atoms with Crippen molar-refractivity contribution in [3.05, 3.63) is 53.9 Å². The summed E-state index contributed by atoms with van der Waals surface area (Å²) in [4.78, 5) is 0. The lowest BCUT2D eigenvalue weighted by molar-refractivity contribution is 0.254. The van der Waals surface area contributed by atoms with E-state index in [0.717, 1.165) is 40.1 Å². The van der Waals surface area contributed by atoms with Crippen molar-refractivity contribution >= 4 is 11.8 Å². The normalized spacial score (nSPS) is 15.2. The van der Waals surface area contributed by atoms with Gasteiger partial charge in [0, 0.05) is 29.4 Å². The molecule has 0 radical (unpaired) electrons. The number of ether oxygens (including phenoxy) is 3. The predicted molar refractivity (Wildman–Crippen MR) is 109 cm³/mol. The first-order chi connectivity index (χ1) is 13.7. The molecular weight excluding hydrogens is 374 g/mol. The van der Waals surface area contributed by atoms with Crippen molar-refractivity contribution in [3.63, 3.8) is 0 Å². The molecule has 1 unspecified atom stereocenters. The van der Waals surface area contributed by atoms with Crippen LogP contribution in [0.1, 0.15) is 25.0 Å².